The number of aliphatic imine (C=N–C) groups is 1. The van der Waals surface area contributed by atoms with Crippen molar-refractivity contribution in [2.75, 3.05) is 32.8 Å². The summed E-state index contributed by atoms with van der Waals surface area (Å²) in [6.07, 6.45) is 4.17. The SMILES string of the molecule is CCNC(=NCC1(C)CCCO1)NCC(CCO)CC(C)C.I. The second-order valence-electron chi connectivity index (χ2n) is 6.99. The molecule has 0 aromatic rings. The van der Waals surface area contributed by atoms with Crippen LogP contribution in [-0.4, -0.2) is 49.5 Å². The fourth-order valence-electron chi connectivity index (χ4n) is 2.94. The molecule has 1 aliphatic heterocycles. The summed E-state index contributed by atoms with van der Waals surface area (Å²) in [6.45, 7) is 12.1. The summed E-state index contributed by atoms with van der Waals surface area (Å²) in [4.78, 5) is 4.69. The van der Waals surface area contributed by atoms with Gasteiger partial charge in [0, 0.05) is 26.3 Å². The van der Waals surface area contributed by atoms with Crippen molar-refractivity contribution in [2.45, 2.75) is 59.0 Å². The Bertz CT molecular complexity index is 332. The number of nitrogens with one attached hydrogen (secondary N) is 2. The van der Waals surface area contributed by atoms with Crippen LogP contribution in [0.5, 0.6) is 0 Å². The lowest BCUT2D eigenvalue weighted by molar-refractivity contribution is 0.0283. The molecule has 2 unspecified atom stereocenters. The number of ether oxygens (including phenoxy) is 1. The third kappa shape index (κ3) is 9.72. The maximum Gasteiger partial charge on any atom is 0.191 e. The Kier molecular flexibility index (Phi) is 12.3. The lowest BCUT2D eigenvalue weighted by Gasteiger charge is -2.23. The Hall–Kier alpha value is -0.0800. The Labute approximate surface area is 159 Å². The van der Waals surface area contributed by atoms with Crippen LogP contribution in [0.15, 0.2) is 4.99 Å². The first-order chi connectivity index (χ1) is 10.5. The molecule has 0 amide bonds. The zero-order valence-electron chi connectivity index (χ0n) is 15.2. The molecule has 0 bridgehead atoms. The average molecular weight is 441 g/mol. The number of nitrogens with zero attached hydrogens (tertiary/aromatic N) is 1. The summed E-state index contributed by atoms with van der Waals surface area (Å²) in [6, 6.07) is 0. The van der Waals surface area contributed by atoms with E-state index >= 15 is 0 Å². The largest absolute Gasteiger partial charge is 0.396 e. The van der Waals surface area contributed by atoms with Gasteiger partial charge in [-0.05, 0) is 51.4 Å². The van der Waals surface area contributed by atoms with Gasteiger partial charge in [0.15, 0.2) is 5.96 Å². The van der Waals surface area contributed by atoms with Crippen LogP contribution in [0, 0.1) is 11.8 Å². The predicted octanol–water partition coefficient (Wildman–Crippen LogP) is 2.77. The molecule has 1 saturated heterocycles. The molecule has 0 saturated carbocycles. The molecule has 1 heterocycles. The summed E-state index contributed by atoms with van der Waals surface area (Å²) in [5.41, 5.74) is -0.106. The van der Waals surface area contributed by atoms with Crippen molar-refractivity contribution in [3.8, 4) is 0 Å². The van der Waals surface area contributed by atoms with E-state index in [2.05, 4.69) is 43.3 Å². The van der Waals surface area contributed by atoms with E-state index in [4.69, 9.17) is 4.74 Å². The maximum atomic E-state index is 9.21. The summed E-state index contributed by atoms with van der Waals surface area (Å²) < 4.78 is 5.79. The monoisotopic (exact) mass is 441 g/mol. The number of hydrogen-bond donors (Lipinski definition) is 3. The summed E-state index contributed by atoms with van der Waals surface area (Å²) in [5, 5.41) is 15.9. The minimum Gasteiger partial charge on any atom is -0.396 e. The van der Waals surface area contributed by atoms with Gasteiger partial charge in [0.05, 0.1) is 12.1 Å². The highest BCUT2D eigenvalue weighted by atomic mass is 127. The molecule has 23 heavy (non-hydrogen) atoms. The van der Waals surface area contributed by atoms with E-state index in [9.17, 15) is 5.11 Å². The van der Waals surface area contributed by atoms with E-state index in [1.54, 1.807) is 0 Å². The molecular weight excluding hydrogens is 405 g/mol. The summed E-state index contributed by atoms with van der Waals surface area (Å²) in [5.74, 6) is 1.97. The summed E-state index contributed by atoms with van der Waals surface area (Å²) >= 11 is 0. The van der Waals surface area contributed by atoms with Crippen LogP contribution in [0.3, 0.4) is 0 Å². The lowest BCUT2D eigenvalue weighted by atomic mass is 9.94. The second kappa shape index (κ2) is 12.3. The molecule has 0 aromatic heterocycles. The molecule has 0 aromatic carbocycles. The number of halogens is 1. The van der Waals surface area contributed by atoms with Crippen LogP contribution in [0.4, 0.5) is 0 Å². The van der Waals surface area contributed by atoms with Gasteiger partial charge >= 0.3 is 0 Å². The van der Waals surface area contributed by atoms with E-state index in [0.29, 0.717) is 18.4 Å². The van der Waals surface area contributed by atoms with Gasteiger partial charge in [0.1, 0.15) is 0 Å². The smallest absolute Gasteiger partial charge is 0.191 e. The number of hydrogen-bond acceptors (Lipinski definition) is 3. The van der Waals surface area contributed by atoms with E-state index < -0.39 is 0 Å². The summed E-state index contributed by atoms with van der Waals surface area (Å²) in [7, 11) is 0. The van der Waals surface area contributed by atoms with Crippen molar-refractivity contribution in [1.29, 1.82) is 0 Å². The van der Waals surface area contributed by atoms with E-state index in [-0.39, 0.29) is 36.2 Å². The van der Waals surface area contributed by atoms with E-state index in [1.165, 1.54) is 0 Å². The molecular formula is C17H36IN3O2. The number of aliphatic hydroxyl groups is 1. The first kappa shape index (κ1) is 22.9. The third-order valence-corrected chi connectivity index (χ3v) is 4.12. The molecule has 3 N–H and O–H groups in total. The fourth-order valence-corrected chi connectivity index (χ4v) is 2.94. The van der Waals surface area contributed by atoms with Gasteiger partial charge in [-0.1, -0.05) is 13.8 Å². The van der Waals surface area contributed by atoms with Gasteiger partial charge in [-0.15, -0.1) is 24.0 Å². The van der Waals surface area contributed by atoms with Gasteiger partial charge in [0.25, 0.3) is 0 Å². The van der Waals surface area contributed by atoms with Crippen molar-refractivity contribution in [3.63, 3.8) is 0 Å². The zero-order chi connectivity index (χ0) is 16.4. The number of guanidine groups is 1. The molecule has 0 radical (unpaired) electrons. The van der Waals surface area contributed by atoms with Crippen molar-refractivity contribution >= 4 is 29.9 Å². The van der Waals surface area contributed by atoms with Gasteiger partial charge < -0.3 is 20.5 Å². The highest BCUT2D eigenvalue weighted by Gasteiger charge is 2.29. The van der Waals surface area contributed by atoms with Crippen LogP contribution in [0.25, 0.3) is 0 Å². The van der Waals surface area contributed by atoms with Crippen LogP contribution in [0.2, 0.25) is 0 Å². The number of aliphatic hydroxyl groups excluding tert-OH is 1. The molecule has 138 valence electrons. The number of rotatable bonds is 9. The van der Waals surface area contributed by atoms with Crippen molar-refractivity contribution in [2.24, 2.45) is 16.8 Å². The van der Waals surface area contributed by atoms with Gasteiger partial charge in [-0.2, -0.15) is 0 Å². The van der Waals surface area contributed by atoms with Crippen molar-refractivity contribution in [3.05, 3.63) is 0 Å². The highest BCUT2D eigenvalue weighted by molar-refractivity contribution is 14.0. The molecule has 0 spiro atoms. The van der Waals surface area contributed by atoms with E-state index in [0.717, 1.165) is 51.3 Å². The first-order valence-electron chi connectivity index (χ1n) is 8.76. The van der Waals surface area contributed by atoms with Crippen molar-refractivity contribution in [1.82, 2.24) is 10.6 Å². The normalized spacial score (nSPS) is 22.8. The van der Waals surface area contributed by atoms with Crippen molar-refractivity contribution < 1.29 is 9.84 Å². The molecule has 5 nitrogen and oxygen atoms in total. The molecule has 1 aliphatic rings. The Morgan fingerprint density at radius 2 is 2.09 bits per heavy atom. The van der Waals surface area contributed by atoms with Gasteiger partial charge in [-0.3, -0.25) is 4.99 Å². The molecule has 1 fully saturated rings. The zero-order valence-corrected chi connectivity index (χ0v) is 17.6. The Balaban J connectivity index is 0.00000484. The van der Waals surface area contributed by atoms with Gasteiger partial charge in [-0.25, -0.2) is 0 Å². The quantitative estimate of drug-likeness (QED) is 0.293. The minimum absolute atomic E-state index is 0. The standard InChI is InChI=1S/C17H35N3O2.HI/c1-5-18-16(20-13-17(4)8-6-10-22-17)19-12-15(7-9-21)11-14(2)3;/h14-15,21H,5-13H2,1-4H3,(H2,18,19,20);1H. The Morgan fingerprint density at radius 1 is 1.35 bits per heavy atom. The molecule has 2 atom stereocenters. The molecule has 0 aliphatic carbocycles. The van der Waals surface area contributed by atoms with Crippen LogP contribution < -0.4 is 10.6 Å². The maximum absolute atomic E-state index is 9.21. The van der Waals surface area contributed by atoms with Crippen LogP contribution in [0.1, 0.15) is 53.4 Å². The fraction of sp³-hybridized carbons (Fsp3) is 0.941. The first-order valence-corrected chi connectivity index (χ1v) is 8.76. The highest BCUT2D eigenvalue weighted by Crippen LogP contribution is 2.25. The predicted molar refractivity (Wildman–Crippen MR) is 108 cm³/mol. The van der Waals surface area contributed by atoms with Gasteiger partial charge in [0.2, 0.25) is 0 Å². The Morgan fingerprint density at radius 3 is 2.61 bits per heavy atom. The molecule has 6 heteroatoms. The van der Waals surface area contributed by atoms with Crippen LogP contribution >= 0.6 is 24.0 Å². The average Bonchev–Trinajstić information content (AvgIpc) is 2.88. The topological polar surface area (TPSA) is 65.9 Å². The molecule has 1 rings (SSSR count). The van der Waals surface area contributed by atoms with Crippen LogP contribution in [-0.2, 0) is 4.74 Å². The van der Waals surface area contributed by atoms with E-state index in [1.807, 2.05) is 0 Å². The third-order valence-electron chi connectivity index (χ3n) is 4.12. The minimum atomic E-state index is -0.106. The lowest BCUT2D eigenvalue weighted by Crippen LogP contribution is -2.41. The second-order valence-corrected chi connectivity index (χ2v) is 6.99.